The number of aromatic nitrogens is 2. The highest BCUT2D eigenvalue weighted by atomic mass is 19.1. The number of halogens is 1. The van der Waals surface area contributed by atoms with Crippen LogP contribution in [0.1, 0.15) is 22.7 Å². The Morgan fingerprint density at radius 1 is 1.13 bits per heavy atom. The number of aliphatic hydroxyl groups excluding tert-OH is 1. The van der Waals surface area contributed by atoms with Crippen molar-refractivity contribution in [3.63, 3.8) is 0 Å². The van der Waals surface area contributed by atoms with Gasteiger partial charge in [-0.05, 0) is 47.5 Å². The van der Waals surface area contributed by atoms with Gasteiger partial charge in [0.2, 0.25) is 0 Å². The number of ketones is 1. The lowest BCUT2D eigenvalue weighted by Crippen LogP contribution is -2.29. The van der Waals surface area contributed by atoms with Gasteiger partial charge in [-0.2, -0.15) is 0 Å². The molecule has 1 N–H and O–H groups in total. The number of hydrogen-bond acceptors (Lipinski definition) is 6. The number of nitrogens with zero attached hydrogens (tertiary/aromatic N) is 3. The fourth-order valence-electron chi connectivity index (χ4n) is 3.58. The minimum absolute atomic E-state index is 0.00139. The first-order valence-corrected chi connectivity index (χ1v) is 9.42. The summed E-state index contributed by atoms with van der Waals surface area (Å²) in [6.45, 7) is 0.125. The lowest BCUT2D eigenvalue weighted by molar-refractivity contribution is -0.140. The number of carbonyl (C=O) groups is 2. The standard InChI is InChI=1S/C23H18FN3O4/c1-31-18-5-4-15(11-17(18)24)21(28)19-20(16-3-2-8-26-12-16)27(23(30)22(19)29)13-14-6-9-25-10-7-14/h2-12,20,28H,13H2,1H3/b21-19-. The zero-order chi connectivity index (χ0) is 22.0. The van der Waals surface area contributed by atoms with E-state index in [0.29, 0.717) is 5.56 Å². The quantitative estimate of drug-likeness (QED) is 0.388. The molecule has 3 aromatic rings. The second-order valence-corrected chi connectivity index (χ2v) is 6.92. The third-order valence-electron chi connectivity index (χ3n) is 5.07. The van der Waals surface area contributed by atoms with Gasteiger partial charge in [0, 0.05) is 36.9 Å². The molecule has 8 heteroatoms. The van der Waals surface area contributed by atoms with E-state index in [1.165, 1.54) is 30.3 Å². The van der Waals surface area contributed by atoms with E-state index in [0.717, 1.165) is 11.6 Å². The van der Waals surface area contributed by atoms with E-state index >= 15 is 0 Å². The molecule has 1 fully saturated rings. The van der Waals surface area contributed by atoms with E-state index in [-0.39, 0.29) is 23.4 Å². The predicted molar refractivity (Wildman–Crippen MR) is 109 cm³/mol. The van der Waals surface area contributed by atoms with Crippen molar-refractivity contribution < 1.29 is 23.8 Å². The molecule has 0 radical (unpaired) electrons. The molecule has 156 valence electrons. The van der Waals surface area contributed by atoms with Gasteiger partial charge in [0.05, 0.1) is 18.7 Å². The van der Waals surface area contributed by atoms with Crippen LogP contribution in [0.4, 0.5) is 4.39 Å². The smallest absolute Gasteiger partial charge is 0.295 e. The summed E-state index contributed by atoms with van der Waals surface area (Å²) in [6.07, 6.45) is 6.27. The summed E-state index contributed by atoms with van der Waals surface area (Å²) in [7, 11) is 1.32. The number of hydrogen-bond donors (Lipinski definition) is 1. The SMILES string of the molecule is COc1ccc(/C(O)=C2/C(=O)C(=O)N(Cc3ccncc3)C2c2cccnc2)cc1F. The van der Waals surface area contributed by atoms with Crippen molar-refractivity contribution in [1.82, 2.24) is 14.9 Å². The molecule has 3 heterocycles. The molecule has 4 rings (SSSR count). The van der Waals surface area contributed by atoms with E-state index < -0.39 is 29.3 Å². The highest BCUT2D eigenvalue weighted by Gasteiger charge is 2.46. The molecular weight excluding hydrogens is 401 g/mol. The van der Waals surface area contributed by atoms with Crippen LogP contribution in [-0.2, 0) is 16.1 Å². The normalized spacial score (nSPS) is 17.7. The maximum absolute atomic E-state index is 14.2. The van der Waals surface area contributed by atoms with Crippen LogP contribution in [0, 0.1) is 5.82 Å². The Morgan fingerprint density at radius 3 is 2.55 bits per heavy atom. The van der Waals surface area contributed by atoms with Crippen LogP contribution in [0.3, 0.4) is 0 Å². The van der Waals surface area contributed by atoms with E-state index in [4.69, 9.17) is 4.74 Å². The third-order valence-corrected chi connectivity index (χ3v) is 5.07. The Balaban J connectivity index is 1.85. The number of ether oxygens (including phenoxy) is 1. The first-order chi connectivity index (χ1) is 15.0. The fraction of sp³-hybridized carbons (Fsp3) is 0.130. The van der Waals surface area contributed by atoms with Crippen molar-refractivity contribution in [2.45, 2.75) is 12.6 Å². The summed E-state index contributed by atoms with van der Waals surface area (Å²) in [4.78, 5) is 35.3. The minimum Gasteiger partial charge on any atom is -0.507 e. The van der Waals surface area contributed by atoms with Gasteiger partial charge < -0.3 is 14.7 Å². The number of aliphatic hydroxyl groups is 1. The van der Waals surface area contributed by atoms with Crippen molar-refractivity contribution >= 4 is 17.4 Å². The van der Waals surface area contributed by atoms with Gasteiger partial charge in [-0.25, -0.2) is 4.39 Å². The van der Waals surface area contributed by atoms with Crippen molar-refractivity contribution in [2.75, 3.05) is 7.11 Å². The first-order valence-electron chi connectivity index (χ1n) is 9.42. The monoisotopic (exact) mass is 419 g/mol. The highest BCUT2D eigenvalue weighted by molar-refractivity contribution is 6.46. The predicted octanol–water partition coefficient (Wildman–Crippen LogP) is 3.25. The van der Waals surface area contributed by atoms with E-state index in [1.54, 1.807) is 42.9 Å². The van der Waals surface area contributed by atoms with Crippen molar-refractivity contribution in [3.05, 3.63) is 95.3 Å². The van der Waals surface area contributed by atoms with Gasteiger partial charge in [-0.1, -0.05) is 6.07 Å². The van der Waals surface area contributed by atoms with Crippen molar-refractivity contribution in [3.8, 4) is 5.75 Å². The average molecular weight is 419 g/mol. The molecule has 1 amide bonds. The van der Waals surface area contributed by atoms with Crippen LogP contribution in [-0.4, -0.2) is 38.8 Å². The highest BCUT2D eigenvalue weighted by Crippen LogP contribution is 2.40. The number of benzene rings is 1. The summed E-state index contributed by atoms with van der Waals surface area (Å²) in [6, 6.07) is 9.80. The van der Waals surface area contributed by atoms with Gasteiger partial charge in [-0.15, -0.1) is 0 Å². The van der Waals surface area contributed by atoms with Crippen molar-refractivity contribution in [2.24, 2.45) is 0 Å². The number of amides is 1. The maximum atomic E-state index is 14.2. The molecule has 1 aromatic carbocycles. The van der Waals surface area contributed by atoms with Gasteiger partial charge in [-0.3, -0.25) is 19.6 Å². The zero-order valence-corrected chi connectivity index (χ0v) is 16.5. The number of carbonyl (C=O) groups excluding carboxylic acids is 2. The molecule has 1 unspecified atom stereocenters. The Labute approximate surface area is 177 Å². The van der Waals surface area contributed by atoms with Crippen LogP contribution < -0.4 is 4.74 Å². The van der Waals surface area contributed by atoms with Gasteiger partial charge in [0.1, 0.15) is 5.76 Å². The molecule has 7 nitrogen and oxygen atoms in total. The summed E-state index contributed by atoms with van der Waals surface area (Å²) in [5.41, 5.74) is 1.25. The van der Waals surface area contributed by atoms with Crippen LogP contribution in [0.25, 0.3) is 5.76 Å². The van der Waals surface area contributed by atoms with E-state index in [1.807, 2.05) is 0 Å². The second kappa shape index (κ2) is 8.35. The van der Waals surface area contributed by atoms with Crippen LogP contribution in [0.15, 0.2) is 72.8 Å². The summed E-state index contributed by atoms with van der Waals surface area (Å²) in [5, 5.41) is 11.0. The Hall–Kier alpha value is -4.07. The molecule has 1 aliphatic rings. The van der Waals surface area contributed by atoms with Gasteiger partial charge >= 0.3 is 0 Å². The lowest BCUT2D eigenvalue weighted by atomic mass is 9.96. The number of Topliss-reactive ketones (excluding diaryl/α,β-unsaturated/α-hetero) is 1. The molecule has 0 aliphatic carbocycles. The molecule has 1 saturated heterocycles. The number of pyridine rings is 2. The fourth-order valence-corrected chi connectivity index (χ4v) is 3.58. The molecule has 31 heavy (non-hydrogen) atoms. The Bertz CT molecular complexity index is 1170. The van der Waals surface area contributed by atoms with Gasteiger partial charge in [0.15, 0.2) is 11.6 Å². The second-order valence-electron chi connectivity index (χ2n) is 6.92. The Kier molecular flexibility index (Phi) is 5.44. The largest absolute Gasteiger partial charge is 0.507 e. The topological polar surface area (TPSA) is 92.6 Å². The molecule has 0 bridgehead atoms. The summed E-state index contributed by atoms with van der Waals surface area (Å²) < 4.78 is 19.1. The minimum atomic E-state index is -0.882. The lowest BCUT2D eigenvalue weighted by Gasteiger charge is -2.25. The first kappa shape index (κ1) is 20.2. The summed E-state index contributed by atoms with van der Waals surface area (Å²) in [5.74, 6) is -2.78. The molecule has 2 aromatic heterocycles. The van der Waals surface area contributed by atoms with Crippen LogP contribution in [0.2, 0.25) is 0 Å². The van der Waals surface area contributed by atoms with Crippen LogP contribution in [0.5, 0.6) is 5.75 Å². The third kappa shape index (κ3) is 3.75. The Morgan fingerprint density at radius 2 is 1.90 bits per heavy atom. The van der Waals surface area contributed by atoms with E-state index in [2.05, 4.69) is 9.97 Å². The summed E-state index contributed by atoms with van der Waals surface area (Å²) >= 11 is 0. The van der Waals surface area contributed by atoms with Gasteiger partial charge in [0.25, 0.3) is 11.7 Å². The van der Waals surface area contributed by atoms with E-state index in [9.17, 15) is 19.1 Å². The zero-order valence-electron chi connectivity index (χ0n) is 16.5. The molecular formula is C23H18FN3O4. The molecule has 0 spiro atoms. The number of rotatable bonds is 5. The number of likely N-dealkylation sites (tertiary alicyclic amines) is 1. The average Bonchev–Trinajstić information content (AvgIpc) is 3.04. The van der Waals surface area contributed by atoms with Crippen molar-refractivity contribution in [1.29, 1.82) is 0 Å². The number of methoxy groups -OCH3 is 1. The molecule has 1 aliphatic heterocycles. The maximum Gasteiger partial charge on any atom is 0.295 e. The molecule has 1 atom stereocenters. The van der Waals surface area contributed by atoms with Crippen LogP contribution >= 0.6 is 0 Å². The molecule has 0 saturated carbocycles.